The van der Waals surface area contributed by atoms with Crippen molar-refractivity contribution >= 4 is 69.5 Å². The van der Waals surface area contributed by atoms with Gasteiger partial charge in [0.05, 0.1) is 70.5 Å². The van der Waals surface area contributed by atoms with Gasteiger partial charge in [0.1, 0.15) is 0 Å². The molecule has 2 aliphatic heterocycles. The SMILES string of the molecule is C1CCC([PH+](C2CCCCC2)C2CCCCC2)CC1.C1CCC([PH+](C2CCCCC2)C2CCCCC2)CC1.C=CC1CC(/C=C/c2ccccc2)C2C(=O)N(C3CCCCC3)C(=O)C12.C=COCC.O=C1C2C3C=CC(C3)C2C(=O)N1C1CCCCC1.[Cl][Ru]([Cl])=[CH]c1ccccc1. The summed E-state index contributed by atoms with van der Waals surface area (Å²) in [6.45, 7) is 9.92. The van der Waals surface area contributed by atoms with Gasteiger partial charge in [-0.1, -0.05) is 144 Å². The fourth-order valence-corrected chi connectivity index (χ4v) is 33.4. The van der Waals surface area contributed by atoms with Gasteiger partial charge in [-0.25, -0.2) is 0 Å². The Labute approximate surface area is 604 Å². The number of benzene rings is 2. The number of hydrogen-bond donors (Lipinski definition) is 0. The molecule has 2 aromatic carbocycles. The second-order valence-electron chi connectivity index (χ2n) is 31.6. The van der Waals surface area contributed by atoms with Gasteiger partial charge in [0, 0.05) is 27.9 Å². The second-order valence-corrected chi connectivity index (χ2v) is 44.3. The van der Waals surface area contributed by atoms with Crippen molar-refractivity contribution in [1.29, 1.82) is 0 Å². The molecule has 0 N–H and O–H groups in total. The molecule has 8 unspecified atom stereocenters. The molecule has 2 heterocycles. The van der Waals surface area contributed by atoms with Crippen molar-refractivity contribution < 1.29 is 37.4 Å². The molecular weight excluding hydrogens is 1360 g/mol. The molecule has 4 amide bonds. The van der Waals surface area contributed by atoms with E-state index in [1.165, 1.54) is 65.9 Å². The zero-order chi connectivity index (χ0) is 67.7. The van der Waals surface area contributed by atoms with Crippen molar-refractivity contribution in [1.82, 2.24) is 9.80 Å². The van der Waals surface area contributed by atoms with Gasteiger partial charge in [-0.05, 0) is 229 Å². The van der Waals surface area contributed by atoms with E-state index in [9.17, 15) is 19.2 Å². The molecule has 2 saturated heterocycles. The summed E-state index contributed by atoms with van der Waals surface area (Å²) in [5.74, 6) is 0.941. The normalized spacial score (nSPS) is 29.4. The number of nitrogens with zero attached hydrogens (tertiary/aromatic N) is 2. The summed E-state index contributed by atoms with van der Waals surface area (Å²) in [5, 5.41) is 0. The molecule has 0 radical (unpaired) electrons. The number of allylic oxidation sites excluding steroid dienone is 4. The molecule has 0 aromatic heterocycles. The average molecular weight is 1490 g/mol. The van der Waals surface area contributed by atoms with E-state index in [2.05, 4.69) is 54.3 Å². The van der Waals surface area contributed by atoms with Crippen molar-refractivity contribution in [3.8, 4) is 0 Å². The molecule has 97 heavy (non-hydrogen) atoms. The molecule has 10 saturated carbocycles. The van der Waals surface area contributed by atoms with Crippen molar-refractivity contribution in [2.24, 2.45) is 47.3 Å². The van der Waals surface area contributed by atoms with Gasteiger partial charge < -0.3 is 4.74 Å². The fourth-order valence-electron chi connectivity index (χ4n) is 21.2. The summed E-state index contributed by atoms with van der Waals surface area (Å²) in [6.07, 6.45) is 72.4. The molecule has 11 aliphatic carbocycles. The molecule has 2 aromatic rings. The molecule has 7 nitrogen and oxygen atoms in total. The van der Waals surface area contributed by atoms with E-state index in [4.69, 9.17) is 19.4 Å². The van der Waals surface area contributed by atoms with Crippen LogP contribution in [0.1, 0.15) is 288 Å². The number of fused-ring (bicyclic) bond motifs is 6. The standard InChI is InChI=1S/C23H27NO2.2C18H33P.C15H19NO2.C7H6.C4H8O.2ClH.Ru/c1-2-17-15-18(14-13-16-9-5-3-6-10-16)21-20(17)22(25)24(23(21)26)19-11-7-4-8-12-19;2*1-4-10-16(11-5-1)19(17-12-6-2-7-13-17)18-14-8-3-9-15-18;17-14-12-9-6-7-10(8-9)13(12)15(18)16(14)11-4-2-1-3-5-11;1-7-5-3-2-4-6-7;1-3-5-4-2;;;/h2-3,5-6,9-10,13-14,17-21H,1,4,7-8,11-12,15H2;2*16-18H,1-15H2;6-7,9-13H,1-5,8H2;1-6H;3H,1,4H2,2H3;2*1H;/q;;;;;;;;+2/b14-13+;;;;;;;;. The van der Waals surface area contributed by atoms with Crippen LogP contribution in [0.15, 0.2) is 104 Å². The van der Waals surface area contributed by atoms with E-state index in [-0.39, 0.29) is 87.1 Å². The second kappa shape index (κ2) is 41.0. The number of imide groups is 2. The first-order valence-electron chi connectivity index (χ1n) is 40.2. The van der Waals surface area contributed by atoms with Gasteiger partial charge >= 0.3 is 73.4 Å². The zero-order valence-electron chi connectivity index (χ0n) is 59.9. The maximum absolute atomic E-state index is 13.2. The number of amides is 4. The molecular formula is C85H128Cl2N2O5P2Ru+2. The minimum absolute atomic E-state index is 0.00516. The zero-order valence-corrected chi connectivity index (χ0v) is 65.2. The van der Waals surface area contributed by atoms with Crippen LogP contribution in [0, 0.1) is 47.3 Å². The molecule has 12 heteroatoms. The van der Waals surface area contributed by atoms with Gasteiger partial charge in [-0.15, -0.1) is 6.58 Å². The Hall–Kier alpha value is -2.59. The van der Waals surface area contributed by atoms with Crippen molar-refractivity contribution in [3.05, 3.63) is 116 Å². The third-order valence-electron chi connectivity index (χ3n) is 25.7. The fraction of sp³-hybridized carbons (Fsp3) is 0.706. The third-order valence-corrected chi connectivity index (χ3v) is 36.7. The molecule has 12 fully saturated rings. The first kappa shape index (κ1) is 77.0. The van der Waals surface area contributed by atoms with Crippen LogP contribution < -0.4 is 0 Å². The number of likely N-dealkylation sites (tertiary alicyclic amines) is 2. The van der Waals surface area contributed by atoms with Crippen LogP contribution in [-0.2, 0) is 37.4 Å². The topological polar surface area (TPSA) is 84.0 Å². The molecule has 538 valence electrons. The van der Waals surface area contributed by atoms with Crippen LogP contribution in [0.2, 0.25) is 0 Å². The quantitative estimate of drug-likeness (QED) is 0.0619. The van der Waals surface area contributed by atoms with E-state index in [0.717, 1.165) is 69.1 Å². The molecule has 0 spiro atoms. The van der Waals surface area contributed by atoms with Gasteiger partial charge in [0.25, 0.3) is 0 Å². The molecule has 13 aliphatic rings. The monoisotopic (exact) mass is 1490 g/mol. The van der Waals surface area contributed by atoms with Crippen molar-refractivity contribution in [3.63, 3.8) is 0 Å². The Bertz CT molecular complexity index is 2630. The van der Waals surface area contributed by atoms with Crippen LogP contribution >= 0.6 is 35.2 Å². The summed E-state index contributed by atoms with van der Waals surface area (Å²) in [7, 11) is 11.2. The molecule has 15 rings (SSSR count). The first-order chi connectivity index (χ1) is 47.6. The number of rotatable bonds is 14. The number of carbonyl (C=O) groups is 4. The van der Waals surface area contributed by atoms with E-state index in [0.29, 0.717) is 11.8 Å². The Morgan fingerprint density at radius 1 is 0.423 bits per heavy atom. The predicted octanol–water partition coefficient (Wildman–Crippen LogP) is 22.9. The average Bonchev–Trinajstić information content (AvgIpc) is 1.58. The van der Waals surface area contributed by atoms with Crippen LogP contribution in [0.5, 0.6) is 0 Å². The maximum atomic E-state index is 13.2. The van der Waals surface area contributed by atoms with Crippen LogP contribution in [-0.4, -0.2) is 90.7 Å². The number of carbonyl (C=O) groups excluding carboxylic acids is 4. The van der Waals surface area contributed by atoms with Crippen molar-refractivity contribution in [2.45, 2.75) is 323 Å². The number of halogens is 2. The summed E-state index contributed by atoms with van der Waals surface area (Å²) in [5.41, 5.74) is 9.61. The van der Waals surface area contributed by atoms with Gasteiger partial charge in [0.15, 0.2) is 0 Å². The van der Waals surface area contributed by atoms with E-state index >= 15 is 0 Å². The van der Waals surface area contributed by atoms with Crippen LogP contribution in [0.4, 0.5) is 0 Å². The third kappa shape index (κ3) is 21.3. The Morgan fingerprint density at radius 3 is 1.03 bits per heavy atom. The van der Waals surface area contributed by atoms with Gasteiger partial charge in [-0.3, -0.25) is 29.0 Å². The van der Waals surface area contributed by atoms with Crippen LogP contribution in [0.3, 0.4) is 0 Å². The van der Waals surface area contributed by atoms with Gasteiger partial charge in [-0.2, -0.15) is 0 Å². The summed E-state index contributed by atoms with van der Waals surface area (Å²) in [4.78, 5) is 54.8. The Morgan fingerprint density at radius 2 is 0.732 bits per heavy atom. The van der Waals surface area contributed by atoms with Crippen molar-refractivity contribution in [2.75, 3.05) is 6.61 Å². The molecule has 2 bridgehead atoms. The first-order valence-corrected chi connectivity index (χ1v) is 49.1. The summed E-state index contributed by atoms with van der Waals surface area (Å²) >= 11 is -1.61. The van der Waals surface area contributed by atoms with Crippen LogP contribution in [0.25, 0.3) is 6.08 Å². The van der Waals surface area contributed by atoms with E-state index in [1.54, 1.807) is 202 Å². The van der Waals surface area contributed by atoms with Gasteiger partial charge in [0.2, 0.25) is 23.6 Å². The Balaban J connectivity index is 0.000000132. The minimum atomic E-state index is -1.61. The summed E-state index contributed by atoms with van der Waals surface area (Å²) < 4.78 is 6.52. The predicted molar refractivity (Wildman–Crippen MR) is 412 cm³/mol. The molecule has 8 atom stereocenters. The number of hydrogen-bond acceptors (Lipinski definition) is 5. The Kier molecular flexibility index (Phi) is 32.6. The number of ether oxygens (including phenoxy) is 1. The van der Waals surface area contributed by atoms with E-state index < -0.39 is 13.5 Å². The summed E-state index contributed by atoms with van der Waals surface area (Å²) in [6, 6.07) is 20.4. The van der Waals surface area contributed by atoms with E-state index in [1.807, 2.05) is 66.1 Å².